The fraction of sp³-hybridized carbons (Fsp3) is 0.500. The zero-order valence-corrected chi connectivity index (χ0v) is 12.7. The van der Waals surface area contributed by atoms with Crippen LogP contribution in [0, 0.1) is 0 Å². The molecule has 5 heteroatoms. The van der Waals surface area contributed by atoms with Crippen LogP contribution in [0.4, 0.5) is 10.5 Å². The smallest absolute Gasteiger partial charge is 0.319 e. The molecule has 1 aromatic rings. The summed E-state index contributed by atoms with van der Waals surface area (Å²) >= 11 is 0. The van der Waals surface area contributed by atoms with Gasteiger partial charge in [0.25, 0.3) is 0 Å². The number of urea groups is 1. The van der Waals surface area contributed by atoms with E-state index in [-0.39, 0.29) is 18.5 Å². The second-order valence-corrected chi connectivity index (χ2v) is 5.23. The van der Waals surface area contributed by atoms with Gasteiger partial charge in [0.15, 0.2) is 0 Å². The molecule has 1 rings (SSSR count). The number of benzene rings is 1. The molecular formula is C16H24N2O3. The van der Waals surface area contributed by atoms with E-state index in [0.717, 1.165) is 24.8 Å². The Bertz CT molecular complexity index is 457. The van der Waals surface area contributed by atoms with Crippen molar-refractivity contribution in [2.45, 2.75) is 52.0 Å². The fourth-order valence-corrected chi connectivity index (χ4v) is 1.98. The normalized spacial score (nSPS) is 11.7. The Morgan fingerprint density at radius 1 is 1.24 bits per heavy atom. The largest absolute Gasteiger partial charge is 0.481 e. The van der Waals surface area contributed by atoms with Crippen molar-refractivity contribution in [1.82, 2.24) is 5.32 Å². The van der Waals surface area contributed by atoms with Crippen LogP contribution in [-0.4, -0.2) is 23.1 Å². The van der Waals surface area contributed by atoms with Crippen molar-refractivity contribution in [2.24, 2.45) is 0 Å². The summed E-state index contributed by atoms with van der Waals surface area (Å²) in [6.07, 6.45) is 3.79. The van der Waals surface area contributed by atoms with Crippen LogP contribution in [0.3, 0.4) is 0 Å². The van der Waals surface area contributed by atoms with Gasteiger partial charge in [0, 0.05) is 18.2 Å². The number of aryl methyl sites for hydroxylation is 1. The van der Waals surface area contributed by atoms with Gasteiger partial charge in [-0.05, 0) is 37.5 Å². The zero-order chi connectivity index (χ0) is 15.7. The Kier molecular flexibility index (Phi) is 7.29. The van der Waals surface area contributed by atoms with Crippen molar-refractivity contribution in [3.05, 3.63) is 29.8 Å². The topological polar surface area (TPSA) is 78.4 Å². The first-order chi connectivity index (χ1) is 10.0. The summed E-state index contributed by atoms with van der Waals surface area (Å²) in [5.74, 6) is -0.808. The number of hydrogen-bond donors (Lipinski definition) is 3. The standard InChI is InChI=1S/C16H24N2O3/c1-3-4-5-12(2)17-16(21)18-14-9-6-13(7-10-14)8-11-15(19)20/h6-7,9-10,12H,3-5,8,11H2,1-2H3,(H,19,20)(H2,17,18,21). The van der Waals surface area contributed by atoms with Crippen LogP contribution in [0.15, 0.2) is 24.3 Å². The third-order valence-corrected chi connectivity index (χ3v) is 3.21. The summed E-state index contributed by atoms with van der Waals surface area (Å²) in [4.78, 5) is 22.3. The molecule has 0 aromatic heterocycles. The van der Waals surface area contributed by atoms with Crippen molar-refractivity contribution in [3.63, 3.8) is 0 Å². The third kappa shape index (κ3) is 7.34. The summed E-state index contributed by atoms with van der Waals surface area (Å²) in [7, 11) is 0. The number of hydrogen-bond acceptors (Lipinski definition) is 2. The molecule has 2 amide bonds. The molecule has 0 spiro atoms. The molecule has 0 aliphatic carbocycles. The zero-order valence-electron chi connectivity index (χ0n) is 12.7. The first-order valence-electron chi connectivity index (χ1n) is 7.39. The quantitative estimate of drug-likeness (QED) is 0.687. The molecule has 0 saturated carbocycles. The SMILES string of the molecule is CCCCC(C)NC(=O)Nc1ccc(CCC(=O)O)cc1. The highest BCUT2D eigenvalue weighted by Crippen LogP contribution is 2.11. The summed E-state index contributed by atoms with van der Waals surface area (Å²) in [6.45, 7) is 4.11. The number of unbranched alkanes of at least 4 members (excludes halogenated alkanes) is 1. The van der Waals surface area contributed by atoms with Gasteiger partial charge < -0.3 is 15.7 Å². The van der Waals surface area contributed by atoms with E-state index in [1.165, 1.54) is 0 Å². The van der Waals surface area contributed by atoms with Crippen molar-refractivity contribution in [2.75, 3.05) is 5.32 Å². The van der Waals surface area contributed by atoms with E-state index in [0.29, 0.717) is 12.1 Å². The Hall–Kier alpha value is -2.04. The predicted molar refractivity (Wildman–Crippen MR) is 83.5 cm³/mol. The molecule has 21 heavy (non-hydrogen) atoms. The van der Waals surface area contributed by atoms with E-state index in [1.807, 2.05) is 19.1 Å². The van der Waals surface area contributed by atoms with E-state index in [9.17, 15) is 9.59 Å². The van der Waals surface area contributed by atoms with E-state index >= 15 is 0 Å². The van der Waals surface area contributed by atoms with Crippen molar-refractivity contribution in [1.29, 1.82) is 0 Å². The third-order valence-electron chi connectivity index (χ3n) is 3.21. The maximum Gasteiger partial charge on any atom is 0.319 e. The number of aliphatic carboxylic acids is 1. The summed E-state index contributed by atoms with van der Waals surface area (Å²) in [6, 6.07) is 7.18. The highest BCUT2D eigenvalue weighted by molar-refractivity contribution is 5.89. The average molecular weight is 292 g/mol. The lowest BCUT2D eigenvalue weighted by Crippen LogP contribution is -2.36. The van der Waals surface area contributed by atoms with Crippen molar-refractivity contribution in [3.8, 4) is 0 Å². The first kappa shape index (κ1) is 17.0. The second-order valence-electron chi connectivity index (χ2n) is 5.23. The van der Waals surface area contributed by atoms with Crippen LogP contribution < -0.4 is 10.6 Å². The number of carboxylic acid groups (broad SMARTS) is 1. The van der Waals surface area contributed by atoms with Crippen LogP contribution in [0.2, 0.25) is 0 Å². The molecule has 5 nitrogen and oxygen atoms in total. The summed E-state index contributed by atoms with van der Waals surface area (Å²) < 4.78 is 0. The van der Waals surface area contributed by atoms with Crippen LogP contribution >= 0.6 is 0 Å². The highest BCUT2D eigenvalue weighted by atomic mass is 16.4. The number of carboxylic acids is 1. The maximum atomic E-state index is 11.8. The molecule has 0 heterocycles. The Morgan fingerprint density at radius 3 is 2.48 bits per heavy atom. The predicted octanol–water partition coefficient (Wildman–Crippen LogP) is 3.40. The molecule has 0 saturated heterocycles. The summed E-state index contributed by atoms with van der Waals surface area (Å²) in [5.41, 5.74) is 1.65. The number of rotatable bonds is 8. The number of anilines is 1. The number of amides is 2. The molecule has 116 valence electrons. The van der Waals surface area contributed by atoms with Crippen LogP contribution in [0.25, 0.3) is 0 Å². The van der Waals surface area contributed by atoms with Gasteiger partial charge in [-0.25, -0.2) is 4.79 Å². The van der Waals surface area contributed by atoms with Gasteiger partial charge in [-0.15, -0.1) is 0 Å². The van der Waals surface area contributed by atoms with Crippen LogP contribution in [-0.2, 0) is 11.2 Å². The van der Waals surface area contributed by atoms with Gasteiger partial charge in [0.2, 0.25) is 0 Å². The Morgan fingerprint density at radius 2 is 1.90 bits per heavy atom. The van der Waals surface area contributed by atoms with Crippen molar-refractivity contribution < 1.29 is 14.7 Å². The lowest BCUT2D eigenvalue weighted by molar-refractivity contribution is -0.136. The van der Waals surface area contributed by atoms with Crippen LogP contribution in [0.5, 0.6) is 0 Å². The van der Waals surface area contributed by atoms with E-state index in [4.69, 9.17) is 5.11 Å². The minimum absolute atomic E-state index is 0.113. The van der Waals surface area contributed by atoms with Gasteiger partial charge in [-0.3, -0.25) is 4.79 Å². The fourth-order valence-electron chi connectivity index (χ4n) is 1.98. The van der Waals surface area contributed by atoms with E-state index in [2.05, 4.69) is 17.6 Å². The average Bonchev–Trinajstić information content (AvgIpc) is 2.44. The van der Waals surface area contributed by atoms with Gasteiger partial charge in [0.05, 0.1) is 0 Å². The minimum atomic E-state index is -0.808. The molecule has 0 radical (unpaired) electrons. The lowest BCUT2D eigenvalue weighted by atomic mass is 10.1. The molecule has 0 aliphatic rings. The molecule has 0 aliphatic heterocycles. The maximum absolute atomic E-state index is 11.8. The molecule has 1 aromatic carbocycles. The van der Waals surface area contributed by atoms with Gasteiger partial charge >= 0.3 is 12.0 Å². The molecule has 0 bridgehead atoms. The molecular weight excluding hydrogens is 268 g/mol. The Balaban J connectivity index is 2.40. The summed E-state index contributed by atoms with van der Waals surface area (Å²) in [5, 5.41) is 14.3. The number of nitrogens with one attached hydrogen (secondary N) is 2. The highest BCUT2D eigenvalue weighted by Gasteiger charge is 2.07. The molecule has 0 fully saturated rings. The number of carbonyl (C=O) groups is 2. The lowest BCUT2D eigenvalue weighted by Gasteiger charge is -2.14. The van der Waals surface area contributed by atoms with E-state index in [1.54, 1.807) is 12.1 Å². The van der Waals surface area contributed by atoms with Crippen LogP contribution in [0.1, 0.15) is 45.1 Å². The Labute approximate surface area is 125 Å². The molecule has 1 unspecified atom stereocenters. The second kappa shape index (κ2) is 9.00. The van der Waals surface area contributed by atoms with Gasteiger partial charge in [0.1, 0.15) is 0 Å². The molecule has 3 N–H and O–H groups in total. The number of carbonyl (C=O) groups excluding carboxylic acids is 1. The van der Waals surface area contributed by atoms with E-state index < -0.39 is 5.97 Å². The monoisotopic (exact) mass is 292 g/mol. The first-order valence-corrected chi connectivity index (χ1v) is 7.39. The van der Waals surface area contributed by atoms with Gasteiger partial charge in [-0.2, -0.15) is 0 Å². The molecule has 1 atom stereocenters. The van der Waals surface area contributed by atoms with Crippen molar-refractivity contribution >= 4 is 17.7 Å². The minimum Gasteiger partial charge on any atom is -0.481 e. The van der Waals surface area contributed by atoms with Gasteiger partial charge in [-0.1, -0.05) is 31.9 Å².